The van der Waals surface area contributed by atoms with Gasteiger partial charge < -0.3 is 10.5 Å². The van der Waals surface area contributed by atoms with Crippen LogP contribution in [0.4, 0.5) is 0 Å². The fraction of sp³-hybridized carbons (Fsp3) is 0.647. The molecule has 2 heteroatoms. The van der Waals surface area contributed by atoms with Crippen molar-refractivity contribution < 1.29 is 4.74 Å². The van der Waals surface area contributed by atoms with Crippen molar-refractivity contribution in [2.24, 2.45) is 11.1 Å². The van der Waals surface area contributed by atoms with Gasteiger partial charge in [-0.25, -0.2) is 0 Å². The Morgan fingerprint density at radius 1 is 1.26 bits per heavy atom. The molecule has 2 rings (SSSR count). The molecule has 19 heavy (non-hydrogen) atoms. The molecule has 106 valence electrons. The van der Waals surface area contributed by atoms with Gasteiger partial charge in [0.1, 0.15) is 5.75 Å². The summed E-state index contributed by atoms with van der Waals surface area (Å²) in [5, 5.41) is 0. The van der Waals surface area contributed by atoms with Crippen molar-refractivity contribution in [1.29, 1.82) is 0 Å². The van der Waals surface area contributed by atoms with Crippen molar-refractivity contribution in [3.8, 4) is 5.75 Å². The van der Waals surface area contributed by atoms with Crippen molar-refractivity contribution >= 4 is 0 Å². The Hall–Kier alpha value is -1.02. The number of hydrogen-bond acceptors (Lipinski definition) is 2. The highest BCUT2D eigenvalue weighted by atomic mass is 16.5. The number of rotatable bonds is 5. The molecule has 2 N–H and O–H groups in total. The van der Waals surface area contributed by atoms with Crippen LogP contribution in [-0.4, -0.2) is 13.7 Å². The highest BCUT2D eigenvalue weighted by molar-refractivity contribution is 5.39. The van der Waals surface area contributed by atoms with Crippen molar-refractivity contribution in [2.45, 2.75) is 51.9 Å². The fourth-order valence-electron chi connectivity index (χ4n) is 3.25. The fourth-order valence-corrected chi connectivity index (χ4v) is 3.25. The number of nitrogens with two attached hydrogens (primary N) is 1. The summed E-state index contributed by atoms with van der Waals surface area (Å²) < 4.78 is 5.60. The molecule has 2 nitrogen and oxygen atoms in total. The van der Waals surface area contributed by atoms with Crippen LogP contribution in [0, 0.1) is 5.41 Å². The van der Waals surface area contributed by atoms with E-state index in [0.717, 1.165) is 18.7 Å². The second kappa shape index (κ2) is 5.96. The van der Waals surface area contributed by atoms with E-state index in [0.29, 0.717) is 11.3 Å². The third-order valence-electron chi connectivity index (χ3n) is 4.64. The van der Waals surface area contributed by atoms with E-state index in [1.165, 1.54) is 36.8 Å². The Labute approximate surface area is 117 Å². The average molecular weight is 261 g/mol. The summed E-state index contributed by atoms with van der Waals surface area (Å²) in [7, 11) is 1.77. The topological polar surface area (TPSA) is 35.2 Å². The second-order valence-corrected chi connectivity index (χ2v) is 6.31. The normalized spacial score (nSPS) is 17.9. The van der Waals surface area contributed by atoms with Gasteiger partial charge in [0.2, 0.25) is 0 Å². The molecule has 1 saturated carbocycles. The predicted molar refractivity (Wildman–Crippen MR) is 80.7 cm³/mol. The van der Waals surface area contributed by atoms with E-state index in [4.69, 9.17) is 10.5 Å². The molecule has 1 aromatic carbocycles. The van der Waals surface area contributed by atoms with Crippen molar-refractivity contribution in [3.63, 3.8) is 0 Å². The molecule has 1 aliphatic carbocycles. The van der Waals surface area contributed by atoms with Crippen LogP contribution in [0.3, 0.4) is 0 Å². The zero-order valence-corrected chi connectivity index (χ0v) is 12.5. The Kier molecular flexibility index (Phi) is 4.51. The van der Waals surface area contributed by atoms with Crippen molar-refractivity contribution in [3.05, 3.63) is 29.3 Å². The first-order chi connectivity index (χ1) is 9.10. The van der Waals surface area contributed by atoms with Gasteiger partial charge in [-0.15, -0.1) is 0 Å². The number of ether oxygens (including phenoxy) is 1. The lowest BCUT2D eigenvalue weighted by Crippen LogP contribution is -2.29. The molecule has 1 aliphatic rings. The minimum Gasteiger partial charge on any atom is -0.496 e. The van der Waals surface area contributed by atoms with E-state index in [1.807, 2.05) is 0 Å². The summed E-state index contributed by atoms with van der Waals surface area (Å²) in [4.78, 5) is 0. The Balaban J connectivity index is 2.24. The van der Waals surface area contributed by atoms with Crippen LogP contribution >= 0.6 is 0 Å². The van der Waals surface area contributed by atoms with Crippen molar-refractivity contribution in [1.82, 2.24) is 0 Å². The lowest BCUT2D eigenvalue weighted by Gasteiger charge is -2.28. The Bertz CT molecular complexity index is 419. The van der Waals surface area contributed by atoms with E-state index >= 15 is 0 Å². The molecule has 1 fully saturated rings. The summed E-state index contributed by atoms with van der Waals surface area (Å²) in [5.41, 5.74) is 9.02. The lowest BCUT2D eigenvalue weighted by atomic mass is 9.79. The molecular formula is C17H27NO. The number of methoxy groups -OCH3 is 1. The van der Waals surface area contributed by atoms with Crippen LogP contribution in [0.2, 0.25) is 0 Å². The molecule has 0 atom stereocenters. The third-order valence-corrected chi connectivity index (χ3v) is 4.64. The summed E-state index contributed by atoms with van der Waals surface area (Å²) in [5.74, 6) is 1.57. The van der Waals surface area contributed by atoms with E-state index in [2.05, 4.69) is 32.0 Å². The zero-order chi connectivity index (χ0) is 13.9. The molecule has 0 bridgehead atoms. The van der Waals surface area contributed by atoms with E-state index in [-0.39, 0.29) is 0 Å². The largest absolute Gasteiger partial charge is 0.496 e. The molecule has 0 aromatic heterocycles. The molecule has 0 heterocycles. The molecular weight excluding hydrogens is 234 g/mol. The van der Waals surface area contributed by atoms with E-state index < -0.39 is 0 Å². The van der Waals surface area contributed by atoms with Crippen LogP contribution in [0.1, 0.15) is 56.6 Å². The first-order valence-electron chi connectivity index (χ1n) is 7.47. The van der Waals surface area contributed by atoms with Gasteiger partial charge in [-0.05, 0) is 54.3 Å². The minimum atomic E-state index is 0.312. The molecule has 0 radical (unpaired) electrons. The second-order valence-electron chi connectivity index (χ2n) is 6.31. The third kappa shape index (κ3) is 3.11. The van der Waals surface area contributed by atoms with Gasteiger partial charge in [0.15, 0.2) is 0 Å². The first-order valence-corrected chi connectivity index (χ1v) is 7.47. The smallest absolute Gasteiger partial charge is 0.122 e. The lowest BCUT2D eigenvalue weighted by molar-refractivity contribution is 0.300. The van der Waals surface area contributed by atoms with Gasteiger partial charge in [-0.1, -0.05) is 38.8 Å². The number of benzene rings is 1. The van der Waals surface area contributed by atoms with Gasteiger partial charge in [-0.3, -0.25) is 0 Å². The standard InChI is InChI=1S/C17H27NO/c1-13(2)14-6-7-15(16(10-14)19-3)11-17(12-18)8-4-5-9-17/h6-7,10,13H,4-5,8-9,11-12,18H2,1-3H3. The molecule has 0 aliphatic heterocycles. The van der Waals surface area contributed by atoms with Gasteiger partial charge in [-0.2, -0.15) is 0 Å². The maximum atomic E-state index is 6.05. The van der Waals surface area contributed by atoms with Crippen molar-refractivity contribution in [2.75, 3.05) is 13.7 Å². The maximum Gasteiger partial charge on any atom is 0.122 e. The van der Waals surface area contributed by atoms with Gasteiger partial charge in [0, 0.05) is 0 Å². The first kappa shape index (κ1) is 14.4. The van der Waals surface area contributed by atoms with E-state index in [1.54, 1.807) is 7.11 Å². The molecule has 0 spiro atoms. The summed E-state index contributed by atoms with van der Waals surface area (Å²) in [6, 6.07) is 6.67. The highest BCUT2D eigenvalue weighted by Crippen LogP contribution is 2.41. The molecule has 0 unspecified atom stereocenters. The monoisotopic (exact) mass is 261 g/mol. The van der Waals surface area contributed by atoms with Crippen LogP contribution < -0.4 is 10.5 Å². The van der Waals surface area contributed by atoms with Crippen LogP contribution in [0.15, 0.2) is 18.2 Å². The van der Waals surface area contributed by atoms with Gasteiger partial charge in [0.05, 0.1) is 7.11 Å². The Morgan fingerprint density at radius 3 is 2.47 bits per heavy atom. The van der Waals surface area contributed by atoms with Crippen LogP contribution in [-0.2, 0) is 6.42 Å². The quantitative estimate of drug-likeness (QED) is 0.873. The molecule has 0 saturated heterocycles. The summed E-state index contributed by atoms with van der Waals surface area (Å²) in [6.07, 6.45) is 6.23. The highest BCUT2D eigenvalue weighted by Gasteiger charge is 2.33. The van der Waals surface area contributed by atoms with E-state index in [9.17, 15) is 0 Å². The summed E-state index contributed by atoms with van der Waals surface area (Å²) in [6.45, 7) is 5.22. The summed E-state index contributed by atoms with van der Waals surface area (Å²) >= 11 is 0. The minimum absolute atomic E-state index is 0.312. The molecule has 1 aromatic rings. The molecule has 0 amide bonds. The van der Waals surface area contributed by atoms with Gasteiger partial charge >= 0.3 is 0 Å². The zero-order valence-electron chi connectivity index (χ0n) is 12.5. The Morgan fingerprint density at radius 2 is 1.95 bits per heavy atom. The number of hydrogen-bond donors (Lipinski definition) is 1. The average Bonchev–Trinajstić information content (AvgIpc) is 2.88. The predicted octanol–water partition coefficient (Wildman–Crippen LogP) is 3.88. The SMILES string of the molecule is COc1cc(C(C)C)ccc1CC1(CN)CCCC1. The van der Waals surface area contributed by atoms with Gasteiger partial charge in [0.25, 0.3) is 0 Å². The van der Waals surface area contributed by atoms with Crippen LogP contribution in [0.25, 0.3) is 0 Å². The van der Waals surface area contributed by atoms with Crippen LogP contribution in [0.5, 0.6) is 5.75 Å². The maximum absolute atomic E-state index is 6.05.